The number of hydrogen-bond acceptors (Lipinski definition) is 4. The number of aromatic nitrogens is 1. The summed E-state index contributed by atoms with van der Waals surface area (Å²) in [4.78, 5) is 1.49. The van der Waals surface area contributed by atoms with Crippen molar-refractivity contribution < 1.29 is 18.1 Å². The van der Waals surface area contributed by atoms with Crippen LogP contribution in [-0.2, 0) is 28.0 Å². The Kier molecular flexibility index (Phi) is 6.20. The standard InChI is InChI=1S/C18H23N3O3S2/c1-19(13-16-5-3-2-4-6-16)15-20-14-17(7-8-18(20)25)26(22,23)21-9-11-24-12-10-21/h2-8,14H,9-13,15H2,1H3/p+1. The smallest absolute Gasteiger partial charge is 0.244 e. The summed E-state index contributed by atoms with van der Waals surface area (Å²) < 4.78 is 34.9. The van der Waals surface area contributed by atoms with Gasteiger partial charge in [-0.25, -0.2) is 8.42 Å². The Morgan fingerprint density at radius 1 is 1.12 bits per heavy atom. The maximum Gasteiger partial charge on any atom is 0.244 e. The highest BCUT2D eigenvalue weighted by molar-refractivity contribution is 7.89. The van der Waals surface area contributed by atoms with Crippen molar-refractivity contribution >= 4 is 22.2 Å². The highest BCUT2D eigenvalue weighted by atomic mass is 32.2. The third kappa shape index (κ3) is 4.57. The predicted molar refractivity (Wildman–Crippen MR) is 102 cm³/mol. The average molecular weight is 395 g/mol. The molecule has 140 valence electrons. The second-order valence-corrected chi connectivity index (χ2v) is 8.82. The van der Waals surface area contributed by atoms with Crippen LogP contribution in [0.2, 0.25) is 0 Å². The van der Waals surface area contributed by atoms with E-state index in [4.69, 9.17) is 17.0 Å². The van der Waals surface area contributed by atoms with Crippen LogP contribution >= 0.6 is 12.2 Å². The van der Waals surface area contributed by atoms with Gasteiger partial charge >= 0.3 is 0 Å². The Balaban J connectivity index is 1.78. The van der Waals surface area contributed by atoms with E-state index in [1.165, 1.54) is 14.8 Å². The molecule has 1 fully saturated rings. The molecular weight excluding hydrogens is 370 g/mol. The Morgan fingerprint density at radius 3 is 2.50 bits per heavy atom. The van der Waals surface area contributed by atoms with Crippen molar-refractivity contribution in [2.24, 2.45) is 0 Å². The van der Waals surface area contributed by atoms with Gasteiger partial charge in [0.2, 0.25) is 10.0 Å². The lowest BCUT2D eigenvalue weighted by atomic mass is 10.2. The monoisotopic (exact) mass is 394 g/mol. The number of hydrogen-bond donors (Lipinski definition) is 1. The number of rotatable bonds is 6. The van der Waals surface area contributed by atoms with Gasteiger partial charge in [0, 0.05) is 24.8 Å². The normalized spacial score (nSPS) is 17.1. The molecule has 8 heteroatoms. The Bertz CT molecular complexity index is 891. The summed E-state index contributed by atoms with van der Waals surface area (Å²) in [5.41, 5.74) is 1.23. The molecule has 1 atom stereocenters. The molecule has 1 N–H and O–H groups in total. The summed E-state index contributed by atoms with van der Waals surface area (Å²) >= 11 is 5.40. The van der Waals surface area contributed by atoms with Gasteiger partial charge in [0.1, 0.15) is 11.2 Å². The number of ether oxygens (including phenoxy) is 1. The van der Waals surface area contributed by atoms with E-state index in [9.17, 15) is 8.42 Å². The quantitative estimate of drug-likeness (QED) is 0.740. The lowest BCUT2D eigenvalue weighted by Crippen LogP contribution is -3.06. The highest BCUT2D eigenvalue weighted by Crippen LogP contribution is 2.16. The summed E-state index contributed by atoms with van der Waals surface area (Å²) in [5.74, 6) is 0. The molecule has 1 aliphatic heterocycles. The first-order chi connectivity index (χ1) is 12.5. The largest absolute Gasteiger partial charge is 0.379 e. The molecule has 0 radical (unpaired) electrons. The van der Waals surface area contributed by atoms with Gasteiger partial charge in [-0.15, -0.1) is 0 Å². The molecule has 2 heterocycles. The molecule has 1 unspecified atom stereocenters. The topological polar surface area (TPSA) is 56.0 Å². The summed E-state index contributed by atoms with van der Waals surface area (Å²) in [6, 6.07) is 13.5. The fourth-order valence-electron chi connectivity index (χ4n) is 3.01. The Morgan fingerprint density at radius 2 is 1.81 bits per heavy atom. The number of sulfonamides is 1. The number of pyridine rings is 1. The predicted octanol–water partition coefficient (Wildman–Crippen LogP) is 0.911. The maximum atomic E-state index is 12.8. The minimum Gasteiger partial charge on any atom is -0.379 e. The molecule has 1 aromatic carbocycles. The first kappa shape index (κ1) is 19.2. The van der Waals surface area contributed by atoms with Crippen LogP contribution in [0.25, 0.3) is 0 Å². The molecule has 1 aliphatic rings. The van der Waals surface area contributed by atoms with Crippen LogP contribution < -0.4 is 4.90 Å². The van der Waals surface area contributed by atoms with Gasteiger partial charge in [0.05, 0.1) is 25.2 Å². The van der Waals surface area contributed by atoms with Crippen molar-refractivity contribution in [2.75, 3.05) is 33.4 Å². The van der Waals surface area contributed by atoms with Gasteiger partial charge in [-0.3, -0.25) is 4.57 Å². The van der Waals surface area contributed by atoms with Gasteiger partial charge in [-0.2, -0.15) is 4.31 Å². The molecule has 2 aromatic rings. The van der Waals surface area contributed by atoms with Gasteiger partial charge in [0.25, 0.3) is 0 Å². The van der Waals surface area contributed by atoms with Crippen LogP contribution in [0.4, 0.5) is 0 Å². The zero-order valence-electron chi connectivity index (χ0n) is 14.8. The number of nitrogens with zero attached hydrogens (tertiary/aromatic N) is 2. The number of morpholine rings is 1. The molecule has 26 heavy (non-hydrogen) atoms. The van der Waals surface area contributed by atoms with E-state index in [0.29, 0.717) is 37.6 Å². The van der Waals surface area contributed by atoms with Crippen molar-refractivity contribution in [1.82, 2.24) is 8.87 Å². The molecule has 0 aliphatic carbocycles. The molecule has 1 aromatic heterocycles. The Hall–Kier alpha value is -1.58. The van der Waals surface area contributed by atoms with E-state index in [-0.39, 0.29) is 4.90 Å². The molecule has 1 saturated heterocycles. The lowest BCUT2D eigenvalue weighted by molar-refractivity contribution is -0.917. The Labute approximate surface area is 159 Å². The lowest BCUT2D eigenvalue weighted by Gasteiger charge is -2.26. The van der Waals surface area contributed by atoms with Crippen LogP contribution in [0.1, 0.15) is 5.56 Å². The summed E-state index contributed by atoms with van der Waals surface area (Å²) in [6.45, 7) is 3.07. The van der Waals surface area contributed by atoms with Crippen molar-refractivity contribution in [2.45, 2.75) is 18.1 Å². The van der Waals surface area contributed by atoms with Crippen molar-refractivity contribution in [1.29, 1.82) is 0 Å². The fourth-order valence-corrected chi connectivity index (χ4v) is 4.63. The summed E-state index contributed by atoms with van der Waals surface area (Å²) in [5, 5.41) is 0. The molecule has 0 saturated carbocycles. The molecule has 0 spiro atoms. The molecule has 6 nitrogen and oxygen atoms in total. The van der Waals surface area contributed by atoms with E-state index in [0.717, 1.165) is 6.54 Å². The van der Waals surface area contributed by atoms with E-state index in [1.807, 2.05) is 22.8 Å². The zero-order chi connectivity index (χ0) is 18.6. The first-order valence-electron chi connectivity index (χ1n) is 8.60. The van der Waals surface area contributed by atoms with Crippen LogP contribution in [0.5, 0.6) is 0 Å². The first-order valence-corrected chi connectivity index (χ1v) is 10.5. The van der Waals surface area contributed by atoms with E-state index < -0.39 is 10.0 Å². The van der Waals surface area contributed by atoms with Crippen LogP contribution in [-0.4, -0.2) is 50.6 Å². The summed E-state index contributed by atoms with van der Waals surface area (Å²) in [7, 11) is -1.45. The maximum absolute atomic E-state index is 12.8. The third-order valence-electron chi connectivity index (χ3n) is 4.35. The van der Waals surface area contributed by atoms with Gasteiger partial charge < -0.3 is 9.64 Å². The molecule has 3 rings (SSSR count). The van der Waals surface area contributed by atoms with Gasteiger partial charge in [-0.05, 0) is 12.1 Å². The molecule has 0 bridgehead atoms. The number of quaternary nitrogens is 1. The van der Waals surface area contributed by atoms with E-state index in [1.54, 1.807) is 18.3 Å². The number of nitrogens with one attached hydrogen (secondary N) is 1. The molecule has 0 amide bonds. The van der Waals surface area contributed by atoms with Crippen LogP contribution in [0, 0.1) is 4.64 Å². The number of benzene rings is 1. The highest BCUT2D eigenvalue weighted by Gasteiger charge is 2.26. The third-order valence-corrected chi connectivity index (χ3v) is 6.61. The van der Waals surface area contributed by atoms with E-state index in [2.05, 4.69) is 19.2 Å². The van der Waals surface area contributed by atoms with Crippen molar-refractivity contribution in [3.8, 4) is 0 Å². The van der Waals surface area contributed by atoms with Crippen LogP contribution in [0.15, 0.2) is 53.6 Å². The SMILES string of the molecule is C[NH+](Cc1ccccc1)Cn1cc(S(=O)(=O)N2CCOCC2)ccc1=S. The fraction of sp³-hybridized carbons (Fsp3) is 0.389. The van der Waals surface area contributed by atoms with Crippen molar-refractivity contribution in [3.05, 3.63) is 58.9 Å². The summed E-state index contributed by atoms with van der Waals surface area (Å²) in [6.07, 6.45) is 1.65. The second kappa shape index (κ2) is 8.41. The van der Waals surface area contributed by atoms with Gasteiger partial charge in [-0.1, -0.05) is 42.5 Å². The van der Waals surface area contributed by atoms with Crippen LogP contribution in [0.3, 0.4) is 0 Å². The second-order valence-electron chi connectivity index (χ2n) is 6.47. The average Bonchev–Trinajstić information content (AvgIpc) is 2.65. The minimum atomic E-state index is -3.52. The van der Waals surface area contributed by atoms with Crippen molar-refractivity contribution in [3.63, 3.8) is 0 Å². The molecular formula is C18H24N3O3S2+. The van der Waals surface area contributed by atoms with E-state index >= 15 is 0 Å². The minimum absolute atomic E-state index is 0.278. The van der Waals surface area contributed by atoms with Gasteiger partial charge in [0.15, 0.2) is 6.67 Å². The zero-order valence-corrected chi connectivity index (χ0v) is 16.4.